The Morgan fingerprint density at radius 3 is 2.50 bits per heavy atom. The second-order valence-corrected chi connectivity index (χ2v) is 1.77. The van der Waals surface area contributed by atoms with Gasteiger partial charge in [0, 0.05) is 13.2 Å². The van der Waals surface area contributed by atoms with Crippen molar-refractivity contribution in [3.8, 4) is 0 Å². The summed E-state index contributed by atoms with van der Waals surface area (Å²) in [6.07, 6.45) is 3.34. The lowest BCUT2D eigenvalue weighted by atomic mass is 10.7. The maximum atomic E-state index is 5.48. The highest BCUT2D eigenvalue weighted by molar-refractivity contribution is 6.30. The van der Waals surface area contributed by atoms with Gasteiger partial charge in [0.1, 0.15) is 0 Å². The van der Waals surface area contributed by atoms with Crippen LogP contribution in [0.25, 0.3) is 0 Å². The molecule has 0 amide bonds. The maximum absolute atomic E-state index is 5.48. The molecule has 0 aliphatic rings. The second-order valence-electron chi connectivity index (χ2n) is 1.33. The molecule has 0 aromatic carbocycles. The molecule has 0 aliphatic heterocycles. The first-order valence-corrected chi connectivity index (χ1v) is 2.31. The highest BCUT2D eigenvalue weighted by Crippen LogP contribution is 2.01. The number of nitrogens with zero attached hydrogens (tertiary/aromatic N) is 2. The number of aryl methyl sites for hydroxylation is 1. The van der Waals surface area contributed by atoms with Crippen LogP contribution in [0, 0.1) is 0 Å². The van der Waals surface area contributed by atoms with Gasteiger partial charge in [-0.25, -0.2) is 0 Å². The summed E-state index contributed by atoms with van der Waals surface area (Å²) in [7, 11) is 1.83. The lowest BCUT2D eigenvalue weighted by Crippen LogP contribution is -1.83. The van der Waals surface area contributed by atoms with Crippen LogP contribution in [-0.2, 0) is 7.05 Å². The first-order valence-electron chi connectivity index (χ1n) is 1.93. The Hall–Kier alpha value is -0.500. The van der Waals surface area contributed by atoms with Crippen LogP contribution in [0.1, 0.15) is 7.43 Å². The second kappa shape index (κ2) is 2.72. The van der Waals surface area contributed by atoms with Gasteiger partial charge in [-0.1, -0.05) is 19.0 Å². The Morgan fingerprint density at radius 1 is 1.75 bits per heavy atom. The molecule has 3 heteroatoms. The minimum atomic E-state index is 0. The fourth-order valence-corrected chi connectivity index (χ4v) is 0.576. The molecule has 0 bridgehead atoms. The molecule has 0 radical (unpaired) electrons. The largest absolute Gasteiger partial charge is 0.274 e. The molecule has 2 nitrogen and oxygen atoms in total. The van der Waals surface area contributed by atoms with Gasteiger partial charge in [-0.3, -0.25) is 4.68 Å². The fraction of sp³-hybridized carbons (Fsp3) is 0.400. The van der Waals surface area contributed by atoms with Crippen molar-refractivity contribution in [1.82, 2.24) is 9.78 Å². The summed E-state index contributed by atoms with van der Waals surface area (Å²) in [5, 5.41) is 4.48. The molecule has 46 valence electrons. The highest BCUT2D eigenvalue weighted by atomic mass is 35.5. The molecule has 1 aromatic rings. The van der Waals surface area contributed by atoms with Crippen molar-refractivity contribution in [2.45, 2.75) is 7.43 Å². The molecule has 0 unspecified atom stereocenters. The summed E-state index contributed by atoms with van der Waals surface area (Å²) in [5.41, 5.74) is 0. The third kappa shape index (κ3) is 1.54. The van der Waals surface area contributed by atoms with Crippen LogP contribution >= 0.6 is 11.6 Å². The van der Waals surface area contributed by atoms with Crippen LogP contribution < -0.4 is 0 Å². The third-order valence-corrected chi connectivity index (χ3v) is 0.869. The molecule has 0 aliphatic carbocycles. The zero-order valence-corrected chi connectivity index (χ0v) is 4.68. The van der Waals surface area contributed by atoms with Gasteiger partial charge in [0.25, 0.3) is 0 Å². The van der Waals surface area contributed by atoms with E-state index in [4.69, 9.17) is 11.6 Å². The molecule has 0 saturated carbocycles. The Kier molecular flexibility index (Phi) is 2.55. The molecule has 0 atom stereocenters. The molecule has 1 rings (SSSR count). The average Bonchev–Trinajstić information content (AvgIpc) is 1.87. The van der Waals surface area contributed by atoms with E-state index in [-0.39, 0.29) is 7.43 Å². The Bertz CT molecular complexity index is 143. The summed E-state index contributed by atoms with van der Waals surface area (Å²) in [4.78, 5) is 0. The van der Waals surface area contributed by atoms with Crippen molar-refractivity contribution in [2.24, 2.45) is 7.05 Å². The number of hydrogen-bond donors (Lipinski definition) is 0. The van der Waals surface area contributed by atoms with Crippen LogP contribution in [0.15, 0.2) is 12.4 Å². The first kappa shape index (κ1) is 7.50. The van der Waals surface area contributed by atoms with Crippen molar-refractivity contribution in [2.75, 3.05) is 0 Å². The minimum absolute atomic E-state index is 0. The number of rotatable bonds is 0. The van der Waals surface area contributed by atoms with Gasteiger partial charge in [0.15, 0.2) is 0 Å². The van der Waals surface area contributed by atoms with E-state index >= 15 is 0 Å². The summed E-state index contributed by atoms with van der Waals surface area (Å²) in [6, 6.07) is 0. The minimum Gasteiger partial charge on any atom is -0.274 e. The van der Waals surface area contributed by atoms with Gasteiger partial charge in [-0.05, 0) is 0 Å². The zero-order chi connectivity index (χ0) is 5.28. The summed E-state index contributed by atoms with van der Waals surface area (Å²) in [5.74, 6) is 0. The Balaban J connectivity index is 0.000000490. The van der Waals surface area contributed by atoms with Crippen LogP contribution in [0.2, 0.25) is 5.02 Å². The smallest absolute Gasteiger partial charge is 0.0785 e. The first-order chi connectivity index (χ1) is 3.29. The van der Waals surface area contributed by atoms with Gasteiger partial charge >= 0.3 is 0 Å². The highest BCUT2D eigenvalue weighted by Gasteiger charge is 1.84. The van der Waals surface area contributed by atoms with Crippen molar-refractivity contribution < 1.29 is 0 Å². The summed E-state index contributed by atoms with van der Waals surface area (Å²) < 4.78 is 1.66. The SMILES string of the molecule is C.Cn1cc(Cl)cn1. The van der Waals surface area contributed by atoms with E-state index in [1.165, 1.54) is 0 Å². The molecule has 0 saturated heterocycles. The topological polar surface area (TPSA) is 17.8 Å². The lowest BCUT2D eigenvalue weighted by Gasteiger charge is -1.77. The Labute approximate surface area is 54.1 Å². The summed E-state index contributed by atoms with van der Waals surface area (Å²) >= 11 is 5.48. The molecule has 0 spiro atoms. The number of halogens is 1. The molecule has 0 fully saturated rings. The van der Waals surface area contributed by atoms with Crippen molar-refractivity contribution in [3.05, 3.63) is 17.4 Å². The van der Waals surface area contributed by atoms with E-state index in [9.17, 15) is 0 Å². The molecular weight excluding hydrogens is 124 g/mol. The predicted molar refractivity (Wildman–Crippen MR) is 34.9 cm³/mol. The van der Waals surface area contributed by atoms with Crippen LogP contribution in [-0.4, -0.2) is 9.78 Å². The van der Waals surface area contributed by atoms with Crippen molar-refractivity contribution in [3.63, 3.8) is 0 Å². The van der Waals surface area contributed by atoms with Crippen LogP contribution in [0.4, 0.5) is 0 Å². The molecule has 1 heterocycles. The van der Waals surface area contributed by atoms with Crippen molar-refractivity contribution >= 4 is 11.6 Å². The van der Waals surface area contributed by atoms with Crippen molar-refractivity contribution in [1.29, 1.82) is 0 Å². The molecule has 8 heavy (non-hydrogen) atoms. The fourth-order valence-electron chi connectivity index (χ4n) is 0.391. The molecular formula is C5H9ClN2. The van der Waals surface area contributed by atoms with E-state index in [1.807, 2.05) is 7.05 Å². The van der Waals surface area contributed by atoms with E-state index in [0.717, 1.165) is 0 Å². The Morgan fingerprint density at radius 2 is 2.38 bits per heavy atom. The standard InChI is InChI=1S/C4H5ClN2.CH4/c1-7-3-4(5)2-6-7;/h2-3H,1H3;1H4. The lowest BCUT2D eigenvalue weighted by molar-refractivity contribution is 0.768. The third-order valence-electron chi connectivity index (χ3n) is 0.673. The van der Waals surface area contributed by atoms with E-state index in [1.54, 1.807) is 17.1 Å². The van der Waals surface area contributed by atoms with Gasteiger partial charge < -0.3 is 0 Å². The number of hydrogen-bond acceptors (Lipinski definition) is 1. The van der Waals surface area contributed by atoms with Gasteiger partial charge in [-0.2, -0.15) is 5.10 Å². The van der Waals surface area contributed by atoms with Gasteiger partial charge in [0.05, 0.1) is 11.2 Å². The number of aromatic nitrogens is 2. The molecule has 0 N–H and O–H groups in total. The van der Waals surface area contributed by atoms with E-state index in [2.05, 4.69) is 5.10 Å². The monoisotopic (exact) mass is 132 g/mol. The van der Waals surface area contributed by atoms with E-state index in [0.29, 0.717) is 5.02 Å². The quantitative estimate of drug-likeness (QED) is 0.526. The normalized spacial score (nSPS) is 8.25. The van der Waals surface area contributed by atoms with Gasteiger partial charge in [0.2, 0.25) is 0 Å². The maximum Gasteiger partial charge on any atom is 0.0785 e. The summed E-state index contributed by atoms with van der Waals surface area (Å²) in [6.45, 7) is 0. The predicted octanol–water partition coefficient (Wildman–Crippen LogP) is 1.71. The van der Waals surface area contributed by atoms with Crippen LogP contribution in [0.5, 0.6) is 0 Å². The molecule has 1 aromatic heterocycles. The average molecular weight is 133 g/mol. The zero-order valence-electron chi connectivity index (χ0n) is 3.93. The van der Waals surface area contributed by atoms with Crippen LogP contribution in [0.3, 0.4) is 0 Å². The van der Waals surface area contributed by atoms with Gasteiger partial charge in [-0.15, -0.1) is 0 Å². The van der Waals surface area contributed by atoms with E-state index < -0.39 is 0 Å².